The van der Waals surface area contributed by atoms with E-state index in [1.54, 1.807) is 0 Å². The molecule has 3 aliphatic heterocycles. The van der Waals surface area contributed by atoms with Crippen LogP contribution in [0.5, 0.6) is 0 Å². The van der Waals surface area contributed by atoms with Crippen LogP contribution in [0.1, 0.15) is 97.3 Å². The second-order valence-corrected chi connectivity index (χ2v) is 10.7. The fourth-order valence-corrected chi connectivity index (χ4v) is 7.29. The minimum atomic E-state index is -0.205. The summed E-state index contributed by atoms with van der Waals surface area (Å²) in [7, 11) is 0. The van der Waals surface area contributed by atoms with E-state index in [0.717, 1.165) is 51.4 Å². The summed E-state index contributed by atoms with van der Waals surface area (Å²) in [5, 5.41) is 3.53. The van der Waals surface area contributed by atoms with Crippen molar-refractivity contribution in [1.82, 2.24) is 15.1 Å². The smallest absolute Gasteiger partial charge is 0.244 e. The Bertz CT molecular complexity index is 732. The lowest BCUT2D eigenvalue weighted by molar-refractivity contribution is -0.139. The van der Waals surface area contributed by atoms with Crippen molar-refractivity contribution >= 4 is 11.8 Å². The second kappa shape index (κ2) is 8.29. The largest absolute Gasteiger partial charge is 0.335 e. The highest BCUT2D eigenvalue weighted by Crippen LogP contribution is 2.41. The summed E-state index contributed by atoms with van der Waals surface area (Å²) in [5.74, 6) is 1.18. The first-order valence-electron chi connectivity index (χ1n) is 12.7. The molecule has 1 N–H and O–H groups in total. The van der Waals surface area contributed by atoms with Gasteiger partial charge >= 0.3 is 0 Å². The van der Waals surface area contributed by atoms with Gasteiger partial charge in [0.2, 0.25) is 11.8 Å². The molecule has 6 unspecified atom stereocenters. The molecule has 5 nitrogen and oxygen atoms in total. The number of fused-ring (bicyclic) bond motifs is 1. The van der Waals surface area contributed by atoms with Gasteiger partial charge in [-0.05, 0) is 96.0 Å². The Kier molecular flexibility index (Phi) is 5.68. The first-order valence-corrected chi connectivity index (χ1v) is 12.7. The molecule has 1 saturated carbocycles. The molecule has 2 aliphatic carbocycles. The monoisotopic (exact) mass is 413 g/mol. The molecule has 5 heteroatoms. The Labute approximate surface area is 181 Å². The van der Waals surface area contributed by atoms with Crippen LogP contribution in [-0.4, -0.2) is 51.8 Å². The normalized spacial score (nSPS) is 39.1. The van der Waals surface area contributed by atoms with Crippen molar-refractivity contribution in [3.63, 3.8) is 0 Å². The molecule has 3 fully saturated rings. The molecule has 30 heavy (non-hydrogen) atoms. The zero-order valence-corrected chi connectivity index (χ0v) is 18.9. The number of amides is 2. The Morgan fingerprint density at radius 2 is 1.57 bits per heavy atom. The van der Waals surface area contributed by atoms with Crippen LogP contribution in [0.3, 0.4) is 0 Å². The Balaban J connectivity index is 1.28. The molecule has 5 aliphatic rings. The molecule has 3 heterocycles. The Morgan fingerprint density at radius 1 is 0.833 bits per heavy atom. The quantitative estimate of drug-likeness (QED) is 0.741. The number of allylic oxidation sites excluding steroid dienone is 1. The van der Waals surface area contributed by atoms with Crippen LogP contribution in [0, 0.1) is 5.92 Å². The van der Waals surface area contributed by atoms with Gasteiger partial charge < -0.3 is 9.80 Å². The average molecular weight is 414 g/mol. The van der Waals surface area contributed by atoms with Crippen molar-refractivity contribution in [2.75, 3.05) is 0 Å². The second-order valence-electron chi connectivity index (χ2n) is 10.7. The molecule has 0 radical (unpaired) electrons. The molecule has 0 aromatic rings. The van der Waals surface area contributed by atoms with Crippen LogP contribution in [0.25, 0.3) is 0 Å². The predicted octanol–water partition coefficient (Wildman–Crippen LogP) is 4.13. The highest BCUT2D eigenvalue weighted by Gasteiger charge is 2.46. The van der Waals surface area contributed by atoms with Gasteiger partial charge in [0.15, 0.2) is 0 Å². The van der Waals surface area contributed by atoms with E-state index < -0.39 is 0 Å². The number of likely N-dealkylation sites (tertiary alicyclic amines) is 1. The van der Waals surface area contributed by atoms with E-state index in [0.29, 0.717) is 18.0 Å². The van der Waals surface area contributed by atoms with Gasteiger partial charge in [-0.25, -0.2) is 0 Å². The molecule has 0 aromatic carbocycles. The van der Waals surface area contributed by atoms with Gasteiger partial charge in [-0.1, -0.05) is 12.8 Å². The molecule has 0 spiro atoms. The molecular formula is C25H39N3O2. The minimum Gasteiger partial charge on any atom is -0.335 e. The molecular weight excluding hydrogens is 374 g/mol. The fourth-order valence-electron chi connectivity index (χ4n) is 7.29. The Morgan fingerprint density at radius 3 is 2.40 bits per heavy atom. The van der Waals surface area contributed by atoms with Crippen molar-refractivity contribution in [2.45, 2.75) is 128 Å². The van der Waals surface area contributed by atoms with Crippen LogP contribution in [0.15, 0.2) is 11.3 Å². The maximum atomic E-state index is 13.6. The highest BCUT2D eigenvalue weighted by molar-refractivity contribution is 5.87. The zero-order chi connectivity index (χ0) is 20.8. The number of nitrogens with one attached hydrogen (secondary N) is 1. The summed E-state index contributed by atoms with van der Waals surface area (Å²) in [6.45, 7) is 4.42. The number of carbonyl (C=O) groups is 2. The van der Waals surface area contributed by atoms with E-state index in [1.165, 1.54) is 43.4 Å². The third-order valence-electron chi connectivity index (χ3n) is 8.64. The first kappa shape index (κ1) is 20.5. The van der Waals surface area contributed by atoms with Crippen molar-refractivity contribution in [2.24, 2.45) is 5.92 Å². The molecule has 2 amide bonds. The predicted molar refractivity (Wildman–Crippen MR) is 118 cm³/mol. The minimum absolute atomic E-state index is 0.187. The third kappa shape index (κ3) is 3.51. The zero-order valence-electron chi connectivity index (χ0n) is 18.9. The van der Waals surface area contributed by atoms with Gasteiger partial charge in [0, 0.05) is 23.8 Å². The maximum absolute atomic E-state index is 13.6. The number of hydrogen-bond acceptors (Lipinski definition) is 3. The summed E-state index contributed by atoms with van der Waals surface area (Å²) >= 11 is 0. The van der Waals surface area contributed by atoms with Gasteiger partial charge in [-0.2, -0.15) is 0 Å². The van der Waals surface area contributed by atoms with Gasteiger partial charge in [0.1, 0.15) is 0 Å². The number of nitrogens with zero attached hydrogens (tertiary/aromatic N) is 2. The van der Waals surface area contributed by atoms with Crippen LogP contribution < -0.4 is 5.32 Å². The number of piperidine rings is 1. The maximum Gasteiger partial charge on any atom is 0.244 e. The van der Waals surface area contributed by atoms with E-state index in [2.05, 4.69) is 29.0 Å². The van der Waals surface area contributed by atoms with Crippen molar-refractivity contribution in [1.29, 1.82) is 0 Å². The molecule has 0 aromatic heterocycles. The molecule has 5 rings (SSSR count). The van der Waals surface area contributed by atoms with Crippen LogP contribution in [0.4, 0.5) is 0 Å². The summed E-state index contributed by atoms with van der Waals surface area (Å²) in [6.07, 6.45) is 14.6. The van der Waals surface area contributed by atoms with E-state index in [9.17, 15) is 9.59 Å². The fraction of sp³-hybridized carbons (Fsp3) is 0.840. The van der Waals surface area contributed by atoms with E-state index in [4.69, 9.17) is 0 Å². The lowest BCUT2D eigenvalue weighted by Crippen LogP contribution is -2.59. The molecule has 2 saturated heterocycles. The van der Waals surface area contributed by atoms with Crippen LogP contribution in [-0.2, 0) is 9.59 Å². The van der Waals surface area contributed by atoms with Crippen molar-refractivity contribution in [3.8, 4) is 0 Å². The van der Waals surface area contributed by atoms with Crippen molar-refractivity contribution in [3.05, 3.63) is 11.3 Å². The lowest BCUT2D eigenvalue weighted by atomic mass is 9.84. The van der Waals surface area contributed by atoms with Crippen LogP contribution in [0.2, 0.25) is 0 Å². The summed E-state index contributed by atoms with van der Waals surface area (Å²) in [6, 6.07) is 0.669. The summed E-state index contributed by atoms with van der Waals surface area (Å²) in [5.41, 5.74) is 2.83. The van der Waals surface area contributed by atoms with Gasteiger partial charge in [0.05, 0.1) is 12.1 Å². The lowest BCUT2D eigenvalue weighted by Gasteiger charge is -2.39. The van der Waals surface area contributed by atoms with Crippen molar-refractivity contribution < 1.29 is 9.59 Å². The summed E-state index contributed by atoms with van der Waals surface area (Å²) < 4.78 is 0. The number of rotatable bonds is 2. The van der Waals surface area contributed by atoms with Gasteiger partial charge in [-0.3, -0.25) is 14.9 Å². The SMILES string of the molecule is CC1CC2=C(CCCC2)N1C(=O)C1CCCC(C(=O)N2C(C)CC3CCCCC32)N1. The molecule has 0 bridgehead atoms. The highest BCUT2D eigenvalue weighted by atomic mass is 16.2. The topological polar surface area (TPSA) is 52.7 Å². The van der Waals surface area contributed by atoms with E-state index in [-0.39, 0.29) is 29.9 Å². The average Bonchev–Trinajstić information content (AvgIpc) is 3.28. The first-order chi connectivity index (χ1) is 14.5. The summed E-state index contributed by atoms with van der Waals surface area (Å²) in [4.78, 5) is 31.5. The van der Waals surface area contributed by atoms with E-state index >= 15 is 0 Å². The van der Waals surface area contributed by atoms with Crippen LogP contribution >= 0.6 is 0 Å². The van der Waals surface area contributed by atoms with E-state index in [1.807, 2.05) is 0 Å². The molecule has 166 valence electrons. The standard InChI is InChI=1S/C25H39N3O2/c1-16-14-18-8-3-5-12-22(18)27(16)24(29)20-10-7-11-21(26-20)25(30)28-17(2)15-19-9-4-6-13-23(19)28/h16-18,20-22,26H,3-15H2,1-2H3. The van der Waals surface area contributed by atoms with Gasteiger partial charge in [-0.15, -0.1) is 0 Å². The molecule has 6 atom stereocenters. The van der Waals surface area contributed by atoms with Gasteiger partial charge in [0.25, 0.3) is 0 Å². The third-order valence-corrected chi connectivity index (χ3v) is 8.64. The number of hydrogen-bond donors (Lipinski definition) is 1. The Hall–Kier alpha value is -1.36. The number of carbonyl (C=O) groups excluding carboxylic acids is 2.